The number of hydrogen-bond acceptors (Lipinski definition) is 4. The van der Waals surface area contributed by atoms with Gasteiger partial charge in [-0.3, -0.25) is 9.59 Å². The Kier molecular flexibility index (Phi) is 5.08. The highest BCUT2D eigenvalue weighted by molar-refractivity contribution is 9.10. The number of aromatic nitrogens is 1. The van der Waals surface area contributed by atoms with Crippen LogP contribution in [0.2, 0.25) is 0 Å². The van der Waals surface area contributed by atoms with E-state index in [1.807, 2.05) is 6.07 Å². The van der Waals surface area contributed by atoms with E-state index < -0.39 is 11.9 Å². The Morgan fingerprint density at radius 3 is 3.00 bits per heavy atom. The van der Waals surface area contributed by atoms with Crippen molar-refractivity contribution in [3.63, 3.8) is 0 Å². The van der Waals surface area contributed by atoms with Gasteiger partial charge in [-0.25, -0.2) is 4.98 Å². The summed E-state index contributed by atoms with van der Waals surface area (Å²) in [6.45, 7) is 0.974. The number of carbonyl (C=O) groups excluding carboxylic acids is 2. The van der Waals surface area contributed by atoms with Gasteiger partial charge in [-0.1, -0.05) is 6.07 Å². The highest BCUT2D eigenvalue weighted by atomic mass is 79.9. The standard InChI is InChI=1S/C13H16BrN3O3/c14-11-8(2-1-4-16-11)6-10(12(15)18)17-13(19)9-3-5-20-7-9/h1-2,4,9-10H,3,5-7H2,(H2,15,18)(H,17,19)/t9-,10+/m1/s1. The van der Waals surface area contributed by atoms with Crippen molar-refractivity contribution in [1.29, 1.82) is 0 Å². The van der Waals surface area contributed by atoms with E-state index in [0.717, 1.165) is 5.56 Å². The first-order valence-electron chi connectivity index (χ1n) is 6.34. The van der Waals surface area contributed by atoms with Gasteiger partial charge in [0.1, 0.15) is 10.6 Å². The van der Waals surface area contributed by atoms with E-state index in [0.29, 0.717) is 30.7 Å². The van der Waals surface area contributed by atoms with Gasteiger partial charge in [-0.2, -0.15) is 0 Å². The number of nitrogens with two attached hydrogens (primary N) is 1. The van der Waals surface area contributed by atoms with Crippen LogP contribution in [0, 0.1) is 5.92 Å². The van der Waals surface area contributed by atoms with Crippen LogP contribution in [0.25, 0.3) is 0 Å². The number of primary amides is 1. The van der Waals surface area contributed by atoms with E-state index in [2.05, 4.69) is 26.2 Å². The molecule has 0 spiro atoms. The molecule has 2 heterocycles. The molecule has 0 aliphatic carbocycles. The predicted molar refractivity (Wildman–Crippen MR) is 75.7 cm³/mol. The van der Waals surface area contributed by atoms with Gasteiger partial charge >= 0.3 is 0 Å². The molecule has 1 aliphatic heterocycles. The van der Waals surface area contributed by atoms with Crippen LogP contribution in [0.15, 0.2) is 22.9 Å². The molecule has 2 atom stereocenters. The quantitative estimate of drug-likeness (QED) is 0.757. The predicted octanol–water partition coefficient (Wildman–Crippen LogP) is 0.393. The summed E-state index contributed by atoms with van der Waals surface area (Å²) >= 11 is 3.31. The molecule has 6 nitrogen and oxygen atoms in total. The van der Waals surface area contributed by atoms with Gasteiger partial charge in [0.15, 0.2) is 0 Å². The lowest BCUT2D eigenvalue weighted by Crippen LogP contribution is -2.48. The molecule has 0 aromatic carbocycles. The molecule has 1 aliphatic rings. The van der Waals surface area contributed by atoms with Crippen LogP contribution in [0.4, 0.5) is 0 Å². The normalized spacial score (nSPS) is 19.6. The van der Waals surface area contributed by atoms with Crippen LogP contribution < -0.4 is 11.1 Å². The van der Waals surface area contributed by atoms with E-state index in [1.165, 1.54) is 0 Å². The molecule has 0 bridgehead atoms. The lowest BCUT2D eigenvalue weighted by Gasteiger charge is -2.18. The molecular weight excluding hydrogens is 326 g/mol. The van der Waals surface area contributed by atoms with Crippen molar-refractivity contribution >= 4 is 27.7 Å². The summed E-state index contributed by atoms with van der Waals surface area (Å²) in [5, 5.41) is 2.69. The molecule has 1 saturated heterocycles. The molecule has 1 fully saturated rings. The van der Waals surface area contributed by atoms with Crippen molar-refractivity contribution in [1.82, 2.24) is 10.3 Å². The Balaban J connectivity index is 2.02. The van der Waals surface area contributed by atoms with Crippen molar-refractivity contribution in [3.05, 3.63) is 28.5 Å². The van der Waals surface area contributed by atoms with E-state index in [-0.39, 0.29) is 11.8 Å². The van der Waals surface area contributed by atoms with Crippen molar-refractivity contribution < 1.29 is 14.3 Å². The fourth-order valence-electron chi connectivity index (χ4n) is 2.05. The van der Waals surface area contributed by atoms with Gasteiger partial charge in [0.25, 0.3) is 0 Å². The smallest absolute Gasteiger partial charge is 0.240 e. The zero-order chi connectivity index (χ0) is 14.5. The van der Waals surface area contributed by atoms with E-state index in [4.69, 9.17) is 10.5 Å². The Labute approximate surface area is 125 Å². The first kappa shape index (κ1) is 14.9. The number of nitrogens with zero attached hydrogens (tertiary/aromatic N) is 1. The van der Waals surface area contributed by atoms with Crippen LogP contribution >= 0.6 is 15.9 Å². The SMILES string of the molecule is NC(=O)[C@H](Cc1cccnc1Br)NC(=O)[C@@H]1CCOC1. The van der Waals surface area contributed by atoms with Crippen LogP contribution in [-0.2, 0) is 20.7 Å². The lowest BCUT2D eigenvalue weighted by molar-refractivity contribution is -0.129. The second-order valence-corrected chi connectivity index (χ2v) is 5.43. The van der Waals surface area contributed by atoms with E-state index >= 15 is 0 Å². The Morgan fingerprint density at radius 1 is 1.60 bits per heavy atom. The molecule has 7 heteroatoms. The number of rotatable bonds is 5. The first-order valence-corrected chi connectivity index (χ1v) is 7.14. The Hall–Kier alpha value is -1.47. The van der Waals surface area contributed by atoms with E-state index in [1.54, 1.807) is 12.3 Å². The number of nitrogens with one attached hydrogen (secondary N) is 1. The minimum absolute atomic E-state index is 0.189. The molecule has 108 valence electrons. The molecule has 2 rings (SSSR count). The fourth-order valence-corrected chi connectivity index (χ4v) is 2.46. The molecular formula is C13H16BrN3O3. The summed E-state index contributed by atoms with van der Waals surface area (Å²) in [5.74, 6) is -0.950. The van der Waals surface area contributed by atoms with Gasteiger partial charge in [0, 0.05) is 19.2 Å². The maximum atomic E-state index is 12.0. The molecule has 20 heavy (non-hydrogen) atoms. The van der Waals surface area contributed by atoms with Gasteiger partial charge in [0.05, 0.1) is 12.5 Å². The Bertz CT molecular complexity index is 503. The average Bonchev–Trinajstić information content (AvgIpc) is 2.94. The van der Waals surface area contributed by atoms with Crippen molar-refractivity contribution in [2.24, 2.45) is 11.7 Å². The minimum atomic E-state index is -0.747. The summed E-state index contributed by atoms with van der Waals surface area (Å²) in [6.07, 6.45) is 2.62. The maximum Gasteiger partial charge on any atom is 0.240 e. The lowest BCUT2D eigenvalue weighted by atomic mass is 10.0. The molecule has 0 radical (unpaired) electrons. The summed E-state index contributed by atoms with van der Waals surface area (Å²) in [4.78, 5) is 27.6. The molecule has 1 aromatic heterocycles. The van der Waals surface area contributed by atoms with Crippen LogP contribution in [0.3, 0.4) is 0 Å². The number of carbonyl (C=O) groups is 2. The fraction of sp³-hybridized carbons (Fsp3) is 0.462. The average molecular weight is 342 g/mol. The first-order chi connectivity index (χ1) is 9.58. The molecule has 0 unspecified atom stereocenters. The highest BCUT2D eigenvalue weighted by Crippen LogP contribution is 2.16. The largest absolute Gasteiger partial charge is 0.381 e. The van der Waals surface area contributed by atoms with Crippen LogP contribution in [0.5, 0.6) is 0 Å². The third kappa shape index (κ3) is 3.77. The molecule has 0 saturated carbocycles. The van der Waals surface area contributed by atoms with Crippen LogP contribution in [-0.4, -0.2) is 36.1 Å². The number of amides is 2. The van der Waals surface area contributed by atoms with E-state index in [9.17, 15) is 9.59 Å². The van der Waals surface area contributed by atoms with Crippen LogP contribution in [0.1, 0.15) is 12.0 Å². The summed E-state index contributed by atoms with van der Waals surface area (Å²) in [6, 6.07) is 2.85. The van der Waals surface area contributed by atoms with Crippen molar-refractivity contribution in [2.45, 2.75) is 18.9 Å². The zero-order valence-electron chi connectivity index (χ0n) is 10.8. The number of hydrogen-bond donors (Lipinski definition) is 2. The van der Waals surface area contributed by atoms with Gasteiger partial charge in [0.2, 0.25) is 11.8 Å². The minimum Gasteiger partial charge on any atom is -0.381 e. The van der Waals surface area contributed by atoms with Gasteiger partial charge < -0.3 is 15.8 Å². The third-order valence-corrected chi connectivity index (χ3v) is 3.93. The highest BCUT2D eigenvalue weighted by Gasteiger charge is 2.27. The summed E-state index contributed by atoms with van der Waals surface area (Å²) < 4.78 is 5.81. The molecule has 2 amide bonds. The third-order valence-electron chi connectivity index (χ3n) is 3.22. The second-order valence-electron chi connectivity index (χ2n) is 4.68. The summed E-state index contributed by atoms with van der Waals surface area (Å²) in [7, 11) is 0. The number of halogens is 1. The zero-order valence-corrected chi connectivity index (χ0v) is 12.4. The van der Waals surface area contributed by atoms with Gasteiger partial charge in [-0.05, 0) is 34.0 Å². The molecule has 1 aromatic rings. The maximum absolute atomic E-state index is 12.0. The monoisotopic (exact) mass is 341 g/mol. The summed E-state index contributed by atoms with van der Waals surface area (Å²) in [5.41, 5.74) is 6.18. The topological polar surface area (TPSA) is 94.3 Å². The molecule has 3 N–H and O–H groups in total. The van der Waals surface area contributed by atoms with Crippen molar-refractivity contribution in [2.75, 3.05) is 13.2 Å². The number of ether oxygens (including phenoxy) is 1. The second kappa shape index (κ2) is 6.81. The number of pyridine rings is 1. The Morgan fingerprint density at radius 2 is 2.40 bits per heavy atom. The van der Waals surface area contributed by atoms with Crippen molar-refractivity contribution in [3.8, 4) is 0 Å². The van der Waals surface area contributed by atoms with Gasteiger partial charge in [-0.15, -0.1) is 0 Å².